The van der Waals surface area contributed by atoms with Gasteiger partial charge in [-0.1, -0.05) is 42.5 Å². The summed E-state index contributed by atoms with van der Waals surface area (Å²) in [5.41, 5.74) is 2.57. The van der Waals surface area contributed by atoms with Gasteiger partial charge in [0.15, 0.2) is 5.13 Å². The van der Waals surface area contributed by atoms with Crippen LogP contribution in [0.2, 0.25) is 0 Å². The Kier molecular flexibility index (Phi) is 10.6. The minimum Gasteiger partial charge on any atom is -0.494 e. The molecule has 8 nitrogen and oxygen atoms in total. The lowest BCUT2D eigenvalue weighted by Crippen LogP contribution is -2.30. The van der Waals surface area contributed by atoms with Gasteiger partial charge in [-0.15, -0.1) is 34.4 Å². The first-order valence-corrected chi connectivity index (χ1v) is 16.4. The third kappa shape index (κ3) is 8.66. The van der Waals surface area contributed by atoms with Crippen LogP contribution in [0.4, 0.5) is 10.8 Å². The number of thiophene rings is 1. The minimum atomic E-state index is -0.492. The first-order valence-electron chi connectivity index (χ1n) is 13.6. The van der Waals surface area contributed by atoms with Crippen molar-refractivity contribution in [3.8, 4) is 16.3 Å². The van der Waals surface area contributed by atoms with Gasteiger partial charge in [-0.2, -0.15) is 0 Å². The molecule has 0 atom stereocenters. The van der Waals surface area contributed by atoms with Crippen molar-refractivity contribution in [2.24, 2.45) is 0 Å². The molecule has 3 N–H and O–H groups in total. The van der Waals surface area contributed by atoms with Crippen molar-refractivity contribution < 1.29 is 19.1 Å². The second kappa shape index (κ2) is 15.1. The Hall–Kier alpha value is -4.71. The van der Waals surface area contributed by atoms with Gasteiger partial charge in [0.05, 0.1) is 22.9 Å². The summed E-state index contributed by atoms with van der Waals surface area (Å²) in [4.78, 5) is 45.3. The van der Waals surface area contributed by atoms with Crippen molar-refractivity contribution in [1.29, 1.82) is 0 Å². The number of hydrogen-bond acceptors (Lipinski definition) is 8. The molecule has 5 rings (SSSR count). The normalized spacial score (nSPS) is 11.1. The van der Waals surface area contributed by atoms with E-state index in [1.807, 2.05) is 54.1 Å². The lowest BCUT2D eigenvalue weighted by molar-refractivity contribution is -0.114. The first kappa shape index (κ1) is 30.7. The molecule has 2 heterocycles. The zero-order valence-electron chi connectivity index (χ0n) is 23.6. The number of ether oxygens (including phenoxy) is 1. The summed E-state index contributed by atoms with van der Waals surface area (Å²) >= 11 is 4.31. The van der Waals surface area contributed by atoms with E-state index in [-0.39, 0.29) is 17.4 Å². The standard InChI is InChI=1S/C33H28N4O4S3/c1-2-41-25-15-13-22(14-16-25)18-27(35-31(39)23-8-4-3-5-9-23)32(40)34-24-10-6-11-26(19-24)43-21-30(38)37-33-36-28(20-44-33)29-12-7-17-42-29/h3-20H,2,21H2,1H3,(H,34,40)(H,35,39)(H,36,37,38)/b27-18+. The van der Waals surface area contributed by atoms with Crippen LogP contribution >= 0.6 is 34.4 Å². The van der Waals surface area contributed by atoms with Crippen LogP contribution in [-0.4, -0.2) is 35.1 Å². The summed E-state index contributed by atoms with van der Waals surface area (Å²) < 4.78 is 5.51. The molecule has 0 aliphatic carbocycles. The summed E-state index contributed by atoms with van der Waals surface area (Å²) in [6, 6.07) is 27.0. The van der Waals surface area contributed by atoms with Crippen LogP contribution in [0.1, 0.15) is 22.8 Å². The lowest BCUT2D eigenvalue weighted by atomic mass is 10.1. The third-order valence-electron chi connectivity index (χ3n) is 6.02. The summed E-state index contributed by atoms with van der Waals surface area (Å²) in [7, 11) is 0. The number of carbonyl (C=O) groups is 3. The molecular formula is C33H28N4O4S3. The average Bonchev–Trinajstić information content (AvgIpc) is 3.74. The Morgan fingerprint density at radius 3 is 2.48 bits per heavy atom. The van der Waals surface area contributed by atoms with Crippen molar-refractivity contribution in [3.05, 3.63) is 119 Å². The molecule has 0 unspecified atom stereocenters. The van der Waals surface area contributed by atoms with Crippen LogP contribution < -0.4 is 20.7 Å². The number of rotatable bonds is 12. The van der Waals surface area contributed by atoms with Crippen molar-refractivity contribution in [1.82, 2.24) is 10.3 Å². The highest BCUT2D eigenvalue weighted by atomic mass is 32.2. The van der Waals surface area contributed by atoms with E-state index < -0.39 is 11.8 Å². The smallest absolute Gasteiger partial charge is 0.272 e. The highest BCUT2D eigenvalue weighted by Crippen LogP contribution is 2.29. The van der Waals surface area contributed by atoms with E-state index in [1.165, 1.54) is 23.1 Å². The molecule has 5 aromatic rings. The van der Waals surface area contributed by atoms with Crippen LogP contribution in [0.15, 0.2) is 112 Å². The molecule has 0 bridgehead atoms. The SMILES string of the molecule is CCOc1ccc(/C=C(/NC(=O)c2ccccc2)C(=O)Nc2cccc(SCC(=O)Nc3nc(-c4cccs4)cs3)c2)cc1. The van der Waals surface area contributed by atoms with Gasteiger partial charge in [-0.25, -0.2) is 4.98 Å². The van der Waals surface area contributed by atoms with Crippen molar-refractivity contribution >= 4 is 69.1 Å². The van der Waals surface area contributed by atoms with E-state index in [2.05, 4.69) is 20.9 Å². The number of amides is 3. The van der Waals surface area contributed by atoms with Crippen LogP contribution in [-0.2, 0) is 9.59 Å². The maximum atomic E-state index is 13.4. The van der Waals surface area contributed by atoms with Gasteiger partial charge in [0.2, 0.25) is 5.91 Å². The monoisotopic (exact) mass is 640 g/mol. The molecule has 44 heavy (non-hydrogen) atoms. The van der Waals surface area contributed by atoms with Gasteiger partial charge in [0, 0.05) is 21.5 Å². The molecule has 11 heteroatoms. The van der Waals surface area contributed by atoms with Gasteiger partial charge in [-0.3, -0.25) is 14.4 Å². The largest absolute Gasteiger partial charge is 0.494 e. The quantitative estimate of drug-likeness (QED) is 0.0968. The van der Waals surface area contributed by atoms with Crippen LogP contribution in [0.5, 0.6) is 5.75 Å². The van der Waals surface area contributed by atoms with Crippen LogP contribution in [0.25, 0.3) is 16.6 Å². The number of carbonyl (C=O) groups excluding carboxylic acids is 3. The highest BCUT2D eigenvalue weighted by molar-refractivity contribution is 8.00. The van der Waals surface area contributed by atoms with Crippen LogP contribution in [0.3, 0.4) is 0 Å². The second-order valence-corrected chi connectivity index (χ2v) is 12.1. The Bertz CT molecular complexity index is 1750. The molecule has 0 spiro atoms. The Balaban J connectivity index is 1.24. The summed E-state index contributed by atoms with van der Waals surface area (Å²) in [6.07, 6.45) is 1.61. The zero-order valence-corrected chi connectivity index (χ0v) is 26.1. The fraction of sp³-hybridized carbons (Fsp3) is 0.0909. The van der Waals surface area contributed by atoms with E-state index in [0.717, 1.165) is 15.5 Å². The number of hydrogen-bond donors (Lipinski definition) is 3. The molecule has 0 radical (unpaired) electrons. The molecule has 3 aromatic carbocycles. The highest BCUT2D eigenvalue weighted by Gasteiger charge is 2.16. The topological polar surface area (TPSA) is 109 Å². The molecule has 0 aliphatic heterocycles. The van der Waals surface area contributed by atoms with Crippen molar-refractivity contribution in [2.45, 2.75) is 11.8 Å². The number of thioether (sulfide) groups is 1. The van der Waals surface area contributed by atoms with E-state index in [4.69, 9.17) is 4.74 Å². The molecule has 0 saturated carbocycles. The number of benzene rings is 3. The molecule has 222 valence electrons. The Labute approximate surface area is 267 Å². The maximum Gasteiger partial charge on any atom is 0.272 e. The van der Waals surface area contributed by atoms with E-state index in [9.17, 15) is 14.4 Å². The Morgan fingerprint density at radius 2 is 1.73 bits per heavy atom. The first-order chi connectivity index (χ1) is 21.5. The number of thiazole rings is 1. The van der Waals surface area contributed by atoms with Gasteiger partial charge in [0.1, 0.15) is 11.4 Å². The van der Waals surface area contributed by atoms with E-state index >= 15 is 0 Å². The maximum absolute atomic E-state index is 13.4. The number of anilines is 2. The zero-order chi connectivity index (χ0) is 30.7. The van der Waals surface area contributed by atoms with E-state index in [0.29, 0.717) is 34.3 Å². The van der Waals surface area contributed by atoms with Crippen molar-refractivity contribution in [3.63, 3.8) is 0 Å². The summed E-state index contributed by atoms with van der Waals surface area (Å²) in [5, 5.41) is 12.9. The third-order valence-corrected chi connectivity index (χ3v) is 8.66. The average molecular weight is 641 g/mol. The summed E-state index contributed by atoms with van der Waals surface area (Å²) in [5.74, 6) is -0.201. The van der Waals surface area contributed by atoms with Gasteiger partial charge >= 0.3 is 0 Å². The number of nitrogens with zero attached hydrogens (tertiary/aromatic N) is 1. The predicted octanol–water partition coefficient (Wildman–Crippen LogP) is 7.41. The minimum absolute atomic E-state index is 0.0748. The Morgan fingerprint density at radius 1 is 0.909 bits per heavy atom. The molecule has 3 amide bonds. The van der Waals surface area contributed by atoms with E-state index in [1.54, 1.807) is 72.0 Å². The molecule has 0 aliphatic rings. The number of nitrogens with one attached hydrogen (secondary N) is 3. The molecule has 0 saturated heterocycles. The second-order valence-electron chi connectivity index (χ2n) is 9.21. The van der Waals surface area contributed by atoms with Gasteiger partial charge in [0.25, 0.3) is 11.8 Å². The van der Waals surface area contributed by atoms with Crippen LogP contribution in [0, 0.1) is 0 Å². The molecular weight excluding hydrogens is 613 g/mol. The summed E-state index contributed by atoms with van der Waals surface area (Å²) in [6.45, 7) is 2.45. The van der Waals surface area contributed by atoms with Gasteiger partial charge in [-0.05, 0) is 72.5 Å². The van der Waals surface area contributed by atoms with Crippen molar-refractivity contribution in [2.75, 3.05) is 23.0 Å². The number of aromatic nitrogens is 1. The lowest BCUT2D eigenvalue weighted by Gasteiger charge is -2.12. The van der Waals surface area contributed by atoms with Gasteiger partial charge < -0.3 is 20.7 Å². The fourth-order valence-corrected chi connectivity index (χ4v) is 6.21. The molecule has 2 aromatic heterocycles. The fourth-order valence-electron chi connectivity index (χ4n) is 3.97. The predicted molar refractivity (Wildman–Crippen MR) is 179 cm³/mol. The molecule has 0 fully saturated rings.